The van der Waals surface area contributed by atoms with Crippen LogP contribution in [0.3, 0.4) is 0 Å². The van der Waals surface area contributed by atoms with Crippen molar-refractivity contribution >= 4 is 17.9 Å². The van der Waals surface area contributed by atoms with Gasteiger partial charge >= 0.3 is 12.0 Å². The fourth-order valence-electron chi connectivity index (χ4n) is 3.35. The molecule has 0 aromatic carbocycles. The van der Waals surface area contributed by atoms with Gasteiger partial charge in [0.1, 0.15) is 6.04 Å². The quantitative estimate of drug-likeness (QED) is 0.677. The molecular weight excluding hydrogens is 262 g/mol. The van der Waals surface area contributed by atoms with Crippen LogP contribution in [0.5, 0.6) is 0 Å². The Morgan fingerprint density at radius 1 is 1.25 bits per heavy atom. The summed E-state index contributed by atoms with van der Waals surface area (Å²) in [4.78, 5) is 36.2. The van der Waals surface area contributed by atoms with Crippen molar-refractivity contribution < 1.29 is 19.5 Å². The van der Waals surface area contributed by atoms with Crippen LogP contribution in [0.1, 0.15) is 26.2 Å². The molecular formula is C13H21N3O4. The summed E-state index contributed by atoms with van der Waals surface area (Å²) in [6.45, 7) is 2.65. The number of urea groups is 1. The minimum Gasteiger partial charge on any atom is -0.480 e. The van der Waals surface area contributed by atoms with Gasteiger partial charge in [-0.25, -0.2) is 9.59 Å². The lowest BCUT2D eigenvalue weighted by molar-refractivity contribution is -0.142. The number of likely N-dealkylation sites (N-methyl/N-ethyl adjacent to an activating group) is 1. The summed E-state index contributed by atoms with van der Waals surface area (Å²) in [5.41, 5.74) is 0. The van der Waals surface area contributed by atoms with Crippen molar-refractivity contribution in [3.8, 4) is 0 Å². The first-order chi connectivity index (χ1) is 9.54. The molecule has 20 heavy (non-hydrogen) atoms. The van der Waals surface area contributed by atoms with Gasteiger partial charge < -0.3 is 20.6 Å². The van der Waals surface area contributed by atoms with Crippen molar-refractivity contribution in [1.29, 1.82) is 0 Å². The molecule has 1 aliphatic carbocycles. The zero-order chi connectivity index (χ0) is 14.7. The van der Waals surface area contributed by atoms with Gasteiger partial charge in [0.25, 0.3) is 0 Å². The predicted octanol–water partition coefficient (Wildman–Crippen LogP) is 0.0172. The van der Waals surface area contributed by atoms with E-state index >= 15 is 0 Å². The van der Waals surface area contributed by atoms with Gasteiger partial charge in [-0.1, -0.05) is 6.42 Å². The van der Waals surface area contributed by atoms with Gasteiger partial charge in [-0.05, 0) is 31.6 Å². The van der Waals surface area contributed by atoms with Crippen LogP contribution in [0.4, 0.5) is 4.79 Å². The Morgan fingerprint density at radius 2 is 2.00 bits per heavy atom. The molecule has 1 heterocycles. The number of carboxylic acids is 1. The molecule has 0 spiro atoms. The van der Waals surface area contributed by atoms with E-state index in [2.05, 4.69) is 10.6 Å². The molecule has 3 N–H and O–H groups in total. The minimum absolute atomic E-state index is 0.0581. The fourth-order valence-corrected chi connectivity index (χ4v) is 3.35. The smallest absolute Gasteiger partial charge is 0.326 e. The molecule has 7 nitrogen and oxygen atoms in total. The average Bonchev–Trinajstić information content (AvgIpc) is 2.95. The fraction of sp³-hybridized carbons (Fsp3) is 0.769. The largest absolute Gasteiger partial charge is 0.480 e. The van der Waals surface area contributed by atoms with Gasteiger partial charge in [-0.3, -0.25) is 4.79 Å². The maximum absolute atomic E-state index is 12.1. The van der Waals surface area contributed by atoms with Crippen LogP contribution in [0.25, 0.3) is 0 Å². The van der Waals surface area contributed by atoms with Crippen molar-refractivity contribution in [3.05, 3.63) is 0 Å². The maximum Gasteiger partial charge on any atom is 0.326 e. The molecule has 112 valence electrons. The summed E-state index contributed by atoms with van der Waals surface area (Å²) < 4.78 is 0. The first kappa shape index (κ1) is 14.6. The summed E-state index contributed by atoms with van der Waals surface area (Å²) in [6, 6.07) is -1.21. The van der Waals surface area contributed by atoms with Crippen molar-refractivity contribution in [2.45, 2.75) is 32.2 Å². The molecule has 2 aliphatic rings. The highest BCUT2D eigenvalue weighted by Crippen LogP contribution is 2.42. The third kappa shape index (κ3) is 2.86. The molecule has 3 atom stereocenters. The molecule has 3 amide bonds. The predicted molar refractivity (Wildman–Crippen MR) is 71.0 cm³/mol. The summed E-state index contributed by atoms with van der Waals surface area (Å²) >= 11 is 0. The van der Waals surface area contributed by atoms with Crippen LogP contribution in [0, 0.1) is 11.8 Å². The van der Waals surface area contributed by atoms with E-state index in [0.29, 0.717) is 13.1 Å². The number of hydrogen-bond acceptors (Lipinski definition) is 3. The lowest BCUT2D eigenvalue weighted by Gasteiger charge is -2.24. The van der Waals surface area contributed by atoms with E-state index in [1.54, 1.807) is 6.92 Å². The molecule has 7 heteroatoms. The molecule has 1 saturated carbocycles. The third-order valence-electron chi connectivity index (χ3n) is 4.18. The number of hydrogen-bond donors (Lipinski definition) is 3. The summed E-state index contributed by atoms with van der Waals surface area (Å²) in [6.07, 6.45) is 2.88. The third-order valence-corrected chi connectivity index (χ3v) is 4.18. The van der Waals surface area contributed by atoms with Gasteiger partial charge in [0.05, 0.1) is 6.54 Å². The number of amides is 3. The minimum atomic E-state index is -0.951. The van der Waals surface area contributed by atoms with Gasteiger partial charge in [0, 0.05) is 13.1 Å². The second-order valence-corrected chi connectivity index (χ2v) is 5.40. The lowest BCUT2D eigenvalue weighted by Crippen LogP contribution is -2.49. The van der Waals surface area contributed by atoms with Crippen LogP contribution in [-0.2, 0) is 9.59 Å². The second kappa shape index (κ2) is 6.11. The topological polar surface area (TPSA) is 98.7 Å². The van der Waals surface area contributed by atoms with Crippen molar-refractivity contribution in [2.75, 3.05) is 19.6 Å². The summed E-state index contributed by atoms with van der Waals surface area (Å²) in [5, 5.41) is 14.4. The Labute approximate surface area is 117 Å². The van der Waals surface area contributed by atoms with Gasteiger partial charge in [0.15, 0.2) is 0 Å². The molecule has 0 bridgehead atoms. The first-order valence-electron chi connectivity index (χ1n) is 7.08. The van der Waals surface area contributed by atoms with Crippen molar-refractivity contribution in [1.82, 2.24) is 15.5 Å². The summed E-state index contributed by atoms with van der Waals surface area (Å²) in [7, 11) is 0. The Morgan fingerprint density at radius 3 is 2.65 bits per heavy atom. The highest BCUT2D eigenvalue weighted by atomic mass is 16.4. The normalized spacial score (nSPS) is 28.1. The van der Waals surface area contributed by atoms with E-state index in [1.807, 2.05) is 0 Å². The van der Waals surface area contributed by atoms with E-state index < -0.39 is 18.0 Å². The number of nitrogens with zero attached hydrogens (tertiary/aromatic N) is 1. The van der Waals surface area contributed by atoms with E-state index in [-0.39, 0.29) is 24.3 Å². The molecule has 3 unspecified atom stereocenters. The molecule has 0 aromatic rings. The van der Waals surface area contributed by atoms with Crippen molar-refractivity contribution in [2.24, 2.45) is 11.8 Å². The number of rotatable bonds is 4. The molecule has 0 aromatic heterocycles. The Hall–Kier alpha value is -1.79. The number of fused-ring (bicyclic) bond motifs is 1. The number of likely N-dealkylation sites (tertiary alicyclic amines) is 1. The Bertz CT molecular complexity index is 412. The van der Waals surface area contributed by atoms with E-state index in [9.17, 15) is 19.5 Å². The van der Waals surface area contributed by atoms with Crippen LogP contribution < -0.4 is 10.6 Å². The van der Waals surface area contributed by atoms with Gasteiger partial charge in [-0.15, -0.1) is 0 Å². The Balaban J connectivity index is 1.95. The number of carboxylic acid groups (broad SMARTS) is 1. The van der Waals surface area contributed by atoms with E-state index in [4.69, 9.17) is 0 Å². The number of nitrogens with one attached hydrogen (secondary N) is 2. The summed E-state index contributed by atoms with van der Waals surface area (Å²) in [5.74, 6) is -0.881. The van der Waals surface area contributed by atoms with Crippen LogP contribution in [0.2, 0.25) is 0 Å². The standard InChI is InChI=1S/C13H21N3O4/c1-2-14-10(17)6-15-13(20)16-7-8-4-3-5-9(8)11(16)12(18)19/h8-9,11H,2-7H2,1H3,(H,14,17)(H,15,20)(H,18,19). The molecule has 2 fully saturated rings. The SMILES string of the molecule is CCNC(=O)CNC(=O)N1CC2CCCC2C1C(=O)O. The monoisotopic (exact) mass is 283 g/mol. The van der Waals surface area contributed by atoms with E-state index in [1.165, 1.54) is 4.90 Å². The highest BCUT2D eigenvalue weighted by Gasteiger charge is 2.49. The van der Waals surface area contributed by atoms with Gasteiger partial charge in [0.2, 0.25) is 5.91 Å². The van der Waals surface area contributed by atoms with Crippen LogP contribution >= 0.6 is 0 Å². The zero-order valence-corrected chi connectivity index (χ0v) is 11.6. The number of aliphatic carboxylic acids is 1. The number of carbonyl (C=O) groups excluding carboxylic acids is 2. The van der Waals surface area contributed by atoms with E-state index in [0.717, 1.165) is 19.3 Å². The van der Waals surface area contributed by atoms with Crippen LogP contribution in [-0.4, -0.2) is 53.6 Å². The first-order valence-corrected chi connectivity index (χ1v) is 7.08. The molecule has 1 aliphatic heterocycles. The molecule has 1 saturated heterocycles. The Kier molecular flexibility index (Phi) is 4.46. The molecule has 2 rings (SSSR count). The molecule has 0 radical (unpaired) electrons. The number of carbonyl (C=O) groups is 3. The maximum atomic E-state index is 12.1. The van der Waals surface area contributed by atoms with Crippen molar-refractivity contribution in [3.63, 3.8) is 0 Å². The highest BCUT2D eigenvalue weighted by molar-refractivity contribution is 5.87. The van der Waals surface area contributed by atoms with Crippen LogP contribution in [0.15, 0.2) is 0 Å². The lowest BCUT2D eigenvalue weighted by atomic mass is 9.94. The van der Waals surface area contributed by atoms with Gasteiger partial charge in [-0.2, -0.15) is 0 Å². The zero-order valence-electron chi connectivity index (χ0n) is 11.6. The average molecular weight is 283 g/mol. The second-order valence-electron chi connectivity index (χ2n) is 5.40.